The van der Waals surface area contributed by atoms with Crippen LogP contribution in [0, 0.1) is 5.92 Å². The van der Waals surface area contributed by atoms with E-state index in [0.717, 1.165) is 27.8 Å². The van der Waals surface area contributed by atoms with Crippen LogP contribution in [0.3, 0.4) is 0 Å². The van der Waals surface area contributed by atoms with E-state index in [-0.39, 0.29) is 0 Å². The van der Waals surface area contributed by atoms with E-state index >= 15 is 0 Å². The molecule has 4 heteroatoms. The Morgan fingerprint density at radius 1 is 1.28 bits per heavy atom. The first kappa shape index (κ1) is 16.5. The van der Waals surface area contributed by atoms with E-state index in [9.17, 15) is 0 Å². The molecule has 0 atom stereocenters. The van der Waals surface area contributed by atoms with Crippen LogP contribution in [-0.2, 0) is 6.54 Å². The van der Waals surface area contributed by atoms with Gasteiger partial charge in [-0.3, -0.25) is 0 Å². The van der Waals surface area contributed by atoms with Gasteiger partial charge in [-0.25, -0.2) is 0 Å². The molecule has 1 nitrogen and oxygen atoms in total. The van der Waals surface area contributed by atoms with Crippen molar-refractivity contribution in [3.05, 3.63) is 19.8 Å². The molecule has 1 aromatic heterocycles. The molecule has 0 aromatic carbocycles. The molecule has 1 heterocycles. The Bertz CT molecular complexity index is 319. The van der Waals surface area contributed by atoms with Crippen molar-refractivity contribution in [3.8, 4) is 0 Å². The molecule has 0 aliphatic rings. The van der Waals surface area contributed by atoms with Gasteiger partial charge in [0.15, 0.2) is 0 Å². The van der Waals surface area contributed by atoms with Crippen LogP contribution in [0.15, 0.2) is 10.5 Å². The van der Waals surface area contributed by atoms with E-state index in [1.54, 1.807) is 11.3 Å². The smallest absolute Gasteiger partial charge is 0.107 e. The van der Waals surface area contributed by atoms with Gasteiger partial charge in [-0.05, 0) is 40.9 Å². The molecule has 1 aromatic rings. The molecule has 1 rings (SSSR count). The Morgan fingerprint density at radius 2 is 2.00 bits per heavy atom. The summed E-state index contributed by atoms with van der Waals surface area (Å²) >= 11 is 11.1. The highest BCUT2D eigenvalue weighted by Gasteiger charge is 2.03. The lowest BCUT2D eigenvalue weighted by molar-refractivity contribution is 0.512. The second kappa shape index (κ2) is 9.35. The summed E-state index contributed by atoms with van der Waals surface area (Å²) in [6, 6.07) is 2.10. The molecule has 0 fully saturated rings. The molecule has 0 saturated carbocycles. The van der Waals surface area contributed by atoms with Crippen molar-refractivity contribution in [1.29, 1.82) is 0 Å². The second-order valence-corrected chi connectivity index (χ2v) is 7.70. The van der Waals surface area contributed by atoms with Gasteiger partial charge in [0.05, 0.1) is 0 Å². The number of nitrogens with one attached hydrogen (secondary N) is 1. The van der Waals surface area contributed by atoms with E-state index in [0.29, 0.717) is 0 Å². The zero-order valence-electron chi connectivity index (χ0n) is 11.3. The molecular weight excluding hydrogens is 330 g/mol. The summed E-state index contributed by atoms with van der Waals surface area (Å²) in [6.45, 7) is 6.63. The lowest BCUT2D eigenvalue weighted by Gasteiger charge is -2.05. The lowest BCUT2D eigenvalue weighted by atomic mass is 10.0. The van der Waals surface area contributed by atoms with Crippen molar-refractivity contribution in [2.24, 2.45) is 5.92 Å². The molecule has 0 saturated heterocycles. The minimum atomic E-state index is 0.848. The summed E-state index contributed by atoms with van der Waals surface area (Å²) in [5.74, 6) is 0.852. The fourth-order valence-electron chi connectivity index (χ4n) is 1.85. The van der Waals surface area contributed by atoms with Gasteiger partial charge in [0, 0.05) is 15.9 Å². The van der Waals surface area contributed by atoms with Crippen molar-refractivity contribution in [1.82, 2.24) is 5.32 Å². The van der Waals surface area contributed by atoms with E-state index in [4.69, 9.17) is 11.6 Å². The number of hydrogen-bond acceptors (Lipinski definition) is 2. The maximum atomic E-state index is 6.00. The number of rotatable bonds is 9. The molecule has 0 amide bonds. The van der Waals surface area contributed by atoms with Crippen LogP contribution in [0.5, 0.6) is 0 Å². The molecule has 0 aliphatic carbocycles. The highest BCUT2D eigenvalue weighted by atomic mass is 79.9. The minimum Gasteiger partial charge on any atom is -0.312 e. The largest absolute Gasteiger partial charge is 0.312 e. The Balaban J connectivity index is 1.96. The maximum Gasteiger partial charge on any atom is 0.107 e. The van der Waals surface area contributed by atoms with E-state index in [1.165, 1.54) is 37.0 Å². The van der Waals surface area contributed by atoms with Crippen molar-refractivity contribution in [2.45, 2.75) is 52.5 Å². The zero-order chi connectivity index (χ0) is 13.4. The first-order valence-corrected chi connectivity index (χ1v) is 8.72. The molecule has 0 radical (unpaired) electrons. The van der Waals surface area contributed by atoms with Crippen molar-refractivity contribution >= 4 is 38.9 Å². The van der Waals surface area contributed by atoms with Gasteiger partial charge in [-0.15, -0.1) is 11.3 Å². The van der Waals surface area contributed by atoms with Crippen molar-refractivity contribution in [2.75, 3.05) is 6.54 Å². The summed E-state index contributed by atoms with van der Waals surface area (Å²) in [5.41, 5.74) is 0. The monoisotopic (exact) mass is 351 g/mol. The molecule has 0 spiro atoms. The van der Waals surface area contributed by atoms with Crippen molar-refractivity contribution in [3.63, 3.8) is 0 Å². The first-order chi connectivity index (χ1) is 8.59. The van der Waals surface area contributed by atoms with Gasteiger partial charge >= 0.3 is 0 Å². The number of hydrogen-bond donors (Lipinski definition) is 1. The Morgan fingerprint density at radius 3 is 2.61 bits per heavy atom. The predicted molar refractivity (Wildman–Crippen MR) is 86.7 cm³/mol. The normalized spacial score (nSPS) is 11.4. The quantitative estimate of drug-likeness (QED) is 0.549. The third kappa shape index (κ3) is 7.13. The Kier molecular flexibility index (Phi) is 8.56. The highest BCUT2D eigenvalue weighted by Crippen LogP contribution is 2.31. The third-order valence-corrected chi connectivity index (χ3v) is 5.36. The average molecular weight is 353 g/mol. The Labute approximate surface area is 128 Å². The Hall–Kier alpha value is 0.430. The third-order valence-electron chi connectivity index (χ3n) is 2.88. The van der Waals surface area contributed by atoms with Gasteiger partial charge < -0.3 is 5.32 Å². The molecule has 0 bridgehead atoms. The van der Waals surface area contributed by atoms with Gasteiger partial charge in [0.1, 0.15) is 4.34 Å². The number of unbranched alkanes of at least 4 members (excludes halogenated alkanes) is 3. The van der Waals surface area contributed by atoms with Gasteiger partial charge in [-0.2, -0.15) is 0 Å². The number of halogens is 2. The zero-order valence-corrected chi connectivity index (χ0v) is 14.4. The highest BCUT2D eigenvalue weighted by molar-refractivity contribution is 9.10. The lowest BCUT2D eigenvalue weighted by Crippen LogP contribution is -2.13. The molecule has 1 N–H and O–H groups in total. The van der Waals surface area contributed by atoms with Crippen LogP contribution in [0.1, 0.15) is 50.8 Å². The summed E-state index contributed by atoms with van der Waals surface area (Å²) in [5, 5.41) is 3.47. The van der Waals surface area contributed by atoms with Crippen molar-refractivity contribution < 1.29 is 0 Å². The summed E-state index contributed by atoms with van der Waals surface area (Å²) in [6.07, 6.45) is 6.74. The maximum absolute atomic E-state index is 6.00. The summed E-state index contributed by atoms with van der Waals surface area (Å²) in [4.78, 5) is 1.30. The van der Waals surface area contributed by atoms with E-state index in [2.05, 4.69) is 41.2 Å². The summed E-state index contributed by atoms with van der Waals surface area (Å²) in [7, 11) is 0. The molecular formula is C14H23BrClNS. The van der Waals surface area contributed by atoms with E-state index < -0.39 is 0 Å². The van der Waals surface area contributed by atoms with Gasteiger partial charge in [0.2, 0.25) is 0 Å². The molecule has 104 valence electrons. The summed E-state index contributed by atoms with van der Waals surface area (Å²) < 4.78 is 1.86. The SMILES string of the molecule is CC(C)CCCCCCNCc1cc(Br)c(Cl)s1. The van der Waals surface area contributed by atoms with Crippen LogP contribution in [0.4, 0.5) is 0 Å². The fraction of sp³-hybridized carbons (Fsp3) is 0.714. The fourth-order valence-corrected chi connectivity index (χ4v) is 3.61. The van der Waals surface area contributed by atoms with Gasteiger partial charge in [0.25, 0.3) is 0 Å². The van der Waals surface area contributed by atoms with E-state index in [1.807, 2.05) is 0 Å². The number of thiophene rings is 1. The van der Waals surface area contributed by atoms with Crippen LogP contribution >= 0.6 is 38.9 Å². The second-order valence-electron chi connectivity index (χ2n) is 5.11. The van der Waals surface area contributed by atoms with Crippen LogP contribution in [0.2, 0.25) is 4.34 Å². The van der Waals surface area contributed by atoms with Gasteiger partial charge in [-0.1, -0.05) is 51.1 Å². The average Bonchev–Trinajstić information content (AvgIpc) is 2.62. The topological polar surface area (TPSA) is 12.0 Å². The molecule has 18 heavy (non-hydrogen) atoms. The first-order valence-electron chi connectivity index (χ1n) is 6.74. The molecule has 0 unspecified atom stereocenters. The molecule has 0 aliphatic heterocycles. The van der Waals surface area contributed by atoms with Crippen LogP contribution in [0.25, 0.3) is 0 Å². The van der Waals surface area contributed by atoms with Crippen LogP contribution < -0.4 is 5.32 Å². The van der Waals surface area contributed by atoms with Crippen LogP contribution in [-0.4, -0.2) is 6.54 Å². The predicted octanol–water partition coefficient (Wildman–Crippen LogP) is 5.86. The minimum absolute atomic E-state index is 0.848. The standard InChI is InChI=1S/C14H23BrClNS/c1-11(2)7-5-3-4-6-8-17-10-12-9-13(15)14(16)18-12/h9,11,17H,3-8,10H2,1-2H3.